The van der Waals surface area contributed by atoms with Crippen molar-refractivity contribution < 1.29 is 12.8 Å². The van der Waals surface area contributed by atoms with Crippen molar-refractivity contribution in [3.05, 3.63) is 47.9 Å². The molecule has 20 heavy (non-hydrogen) atoms. The Hall–Kier alpha value is -2.66. The van der Waals surface area contributed by atoms with Crippen molar-refractivity contribution in [1.29, 1.82) is 5.26 Å². The molecular weight excluding hydrogens is 283 g/mol. The van der Waals surface area contributed by atoms with E-state index in [2.05, 4.69) is 9.71 Å². The van der Waals surface area contributed by atoms with Crippen LogP contribution in [0.1, 0.15) is 5.56 Å². The molecule has 2 rings (SSSR count). The fraction of sp³-hybridized carbons (Fsp3) is 0. The molecule has 1 heterocycles. The Balaban J connectivity index is 2.34. The molecule has 1 aromatic heterocycles. The van der Waals surface area contributed by atoms with Crippen LogP contribution in [-0.4, -0.2) is 13.4 Å². The number of benzene rings is 1. The van der Waals surface area contributed by atoms with Crippen molar-refractivity contribution in [2.45, 2.75) is 4.90 Å². The highest BCUT2D eigenvalue weighted by Gasteiger charge is 2.15. The summed E-state index contributed by atoms with van der Waals surface area (Å²) in [4.78, 5) is 3.59. The maximum Gasteiger partial charge on any atom is 0.263 e. The standard InChI is InChI=1S/C12H9FN4O2S/c13-11-3-1-9(5-8(11)6-14)17-20(18,19)10-2-4-12(15)16-7-10/h1-5,7,17H,(H2,15,16). The average molecular weight is 292 g/mol. The van der Waals surface area contributed by atoms with Gasteiger partial charge in [-0.2, -0.15) is 5.26 Å². The number of aromatic nitrogens is 1. The molecule has 0 aliphatic carbocycles. The topological polar surface area (TPSA) is 109 Å². The van der Waals surface area contributed by atoms with Gasteiger partial charge in [-0.05, 0) is 30.3 Å². The first-order valence-electron chi connectivity index (χ1n) is 5.36. The van der Waals surface area contributed by atoms with Crippen LogP contribution in [0.5, 0.6) is 0 Å². The van der Waals surface area contributed by atoms with Gasteiger partial charge < -0.3 is 5.73 Å². The Morgan fingerprint density at radius 2 is 2.05 bits per heavy atom. The summed E-state index contributed by atoms with van der Waals surface area (Å²) in [5.41, 5.74) is 5.21. The monoisotopic (exact) mass is 292 g/mol. The number of sulfonamides is 1. The van der Waals surface area contributed by atoms with E-state index in [1.54, 1.807) is 6.07 Å². The number of hydrogen-bond acceptors (Lipinski definition) is 5. The van der Waals surface area contributed by atoms with Gasteiger partial charge >= 0.3 is 0 Å². The Morgan fingerprint density at radius 3 is 2.65 bits per heavy atom. The Morgan fingerprint density at radius 1 is 1.30 bits per heavy atom. The van der Waals surface area contributed by atoms with Crippen LogP contribution in [-0.2, 0) is 10.0 Å². The van der Waals surface area contributed by atoms with Crippen molar-refractivity contribution in [2.24, 2.45) is 0 Å². The van der Waals surface area contributed by atoms with E-state index in [-0.39, 0.29) is 22.0 Å². The Kier molecular flexibility index (Phi) is 3.54. The molecule has 2 aromatic rings. The molecular formula is C12H9FN4O2S. The number of nitrogens with two attached hydrogens (primary N) is 1. The van der Waals surface area contributed by atoms with E-state index in [0.29, 0.717) is 0 Å². The van der Waals surface area contributed by atoms with Crippen molar-refractivity contribution in [2.75, 3.05) is 10.5 Å². The van der Waals surface area contributed by atoms with Crippen LogP contribution in [0.15, 0.2) is 41.4 Å². The second kappa shape index (κ2) is 5.14. The molecule has 0 fully saturated rings. The number of pyridine rings is 1. The third-order valence-corrected chi connectivity index (χ3v) is 3.78. The lowest BCUT2D eigenvalue weighted by atomic mass is 10.2. The van der Waals surface area contributed by atoms with Gasteiger partial charge in [0.25, 0.3) is 10.0 Å². The van der Waals surface area contributed by atoms with E-state index in [1.807, 2.05) is 0 Å². The van der Waals surface area contributed by atoms with Gasteiger partial charge in [0, 0.05) is 6.20 Å². The zero-order chi connectivity index (χ0) is 14.8. The summed E-state index contributed by atoms with van der Waals surface area (Å²) in [6, 6.07) is 7.61. The van der Waals surface area contributed by atoms with Crippen LogP contribution in [0.4, 0.5) is 15.9 Å². The number of nitrogens with one attached hydrogen (secondary N) is 1. The molecule has 0 bridgehead atoms. The minimum Gasteiger partial charge on any atom is -0.384 e. The molecule has 102 valence electrons. The number of halogens is 1. The third kappa shape index (κ3) is 2.84. The summed E-state index contributed by atoms with van der Waals surface area (Å²) in [6.45, 7) is 0. The highest BCUT2D eigenvalue weighted by molar-refractivity contribution is 7.92. The van der Waals surface area contributed by atoms with E-state index in [0.717, 1.165) is 18.3 Å². The van der Waals surface area contributed by atoms with Gasteiger partial charge in [0.1, 0.15) is 22.6 Å². The van der Waals surface area contributed by atoms with Crippen molar-refractivity contribution >= 4 is 21.5 Å². The largest absolute Gasteiger partial charge is 0.384 e. The lowest BCUT2D eigenvalue weighted by Gasteiger charge is -2.08. The number of nitriles is 1. The summed E-state index contributed by atoms with van der Waals surface area (Å²) in [5.74, 6) is -0.526. The van der Waals surface area contributed by atoms with E-state index in [9.17, 15) is 12.8 Å². The number of rotatable bonds is 3. The van der Waals surface area contributed by atoms with Crippen molar-refractivity contribution in [3.8, 4) is 6.07 Å². The van der Waals surface area contributed by atoms with Gasteiger partial charge in [-0.25, -0.2) is 17.8 Å². The first-order valence-corrected chi connectivity index (χ1v) is 6.85. The lowest BCUT2D eigenvalue weighted by Crippen LogP contribution is -2.13. The molecule has 0 aliphatic rings. The first kappa shape index (κ1) is 13.8. The minimum atomic E-state index is -3.87. The van der Waals surface area contributed by atoms with Gasteiger partial charge in [-0.15, -0.1) is 0 Å². The molecule has 8 heteroatoms. The first-order chi connectivity index (χ1) is 9.42. The maximum atomic E-state index is 13.1. The summed E-state index contributed by atoms with van der Waals surface area (Å²) >= 11 is 0. The predicted molar refractivity (Wildman–Crippen MR) is 70.6 cm³/mol. The van der Waals surface area contributed by atoms with Gasteiger partial charge in [0.2, 0.25) is 0 Å². The van der Waals surface area contributed by atoms with Crippen LogP contribution < -0.4 is 10.5 Å². The van der Waals surface area contributed by atoms with Gasteiger partial charge in [0.05, 0.1) is 11.3 Å². The van der Waals surface area contributed by atoms with Crippen molar-refractivity contribution in [1.82, 2.24) is 4.98 Å². The lowest BCUT2D eigenvalue weighted by molar-refractivity contribution is 0.600. The molecule has 3 N–H and O–H groups in total. The molecule has 0 spiro atoms. The van der Waals surface area contributed by atoms with Crippen LogP contribution >= 0.6 is 0 Å². The van der Waals surface area contributed by atoms with Gasteiger partial charge in [-0.1, -0.05) is 0 Å². The second-order valence-electron chi connectivity index (χ2n) is 3.83. The molecule has 0 radical (unpaired) electrons. The fourth-order valence-corrected chi connectivity index (χ4v) is 2.43. The zero-order valence-electron chi connectivity index (χ0n) is 10.0. The van der Waals surface area contributed by atoms with Crippen LogP contribution in [0.25, 0.3) is 0 Å². The van der Waals surface area contributed by atoms with Gasteiger partial charge in [0.15, 0.2) is 0 Å². The summed E-state index contributed by atoms with van der Waals surface area (Å²) in [5, 5.41) is 8.70. The minimum absolute atomic E-state index is 0.0831. The Bertz CT molecular complexity index is 782. The third-order valence-electron chi connectivity index (χ3n) is 2.41. The highest BCUT2D eigenvalue weighted by atomic mass is 32.2. The Labute approximate surface area is 114 Å². The average Bonchev–Trinajstić information content (AvgIpc) is 2.41. The maximum absolute atomic E-state index is 13.1. The molecule has 0 atom stereocenters. The molecule has 0 saturated carbocycles. The normalized spacial score (nSPS) is 10.8. The molecule has 0 unspecified atom stereocenters. The zero-order valence-corrected chi connectivity index (χ0v) is 10.9. The smallest absolute Gasteiger partial charge is 0.263 e. The summed E-state index contributed by atoms with van der Waals surface area (Å²) in [6.07, 6.45) is 1.10. The van der Waals surface area contributed by atoms with Gasteiger partial charge in [-0.3, -0.25) is 4.72 Å². The summed E-state index contributed by atoms with van der Waals surface area (Å²) < 4.78 is 39.4. The van der Waals surface area contributed by atoms with Crippen LogP contribution in [0.3, 0.4) is 0 Å². The number of nitrogen functional groups attached to an aromatic ring is 1. The number of anilines is 2. The van der Waals surface area contributed by atoms with Crippen molar-refractivity contribution in [3.63, 3.8) is 0 Å². The molecule has 0 saturated heterocycles. The second-order valence-corrected chi connectivity index (χ2v) is 5.51. The van der Waals surface area contributed by atoms with E-state index in [4.69, 9.17) is 11.0 Å². The highest BCUT2D eigenvalue weighted by Crippen LogP contribution is 2.18. The molecule has 0 amide bonds. The van der Waals surface area contributed by atoms with Crippen LogP contribution in [0, 0.1) is 17.1 Å². The molecule has 1 aromatic carbocycles. The number of hydrogen-bond donors (Lipinski definition) is 2. The van der Waals surface area contributed by atoms with Crippen LogP contribution in [0.2, 0.25) is 0 Å². The quantitative estimate of drug-likeness (QED) is 0.890. The number of nitrogens with zero attached hydrogens (tertiary/aromatic N) is 2. The SMILES string of the molecule is N#Cc1cc(NS(=O)(=O)c2ccc(N)nc2)ccc1F. The predicted octanol–water partition coefficient (Wildman–Crippen LogP) is 1.48. The van der Waals surface area contributed by atoms with E-state index in [1.165, 1.54) is 18.2 Å². The van der Waals surface area contributed by atoms with E-state index < -0.39 is 15.8 Å². The van der Waals surface area contributed by atoms with E-state index >= 15 is 0 Å². The fourth-order valence-electron chi connectivity index (χ4n) is 1.44. The molecule has 0 aliphatic heterocycles. The molecule has 6 nitrogen and oxygen atoms in total. The summed E-state index contributed by atoms with van der Waals surface area (Å²) in [7, 11) is -3.87.